The molecule has 0 aliphatic rings. The van der Waals surface area contributed by atoms with E-state index >= 15 is 0 Å². The Hall–Kier alpha value is -0.730. The molecule has 1 rings (SSSR count). The molecule has 0 amide bonds. The van der Waals surface area contributed by atoms with Crippen molar-refractivity contribution in [2.75, 3.05) is 13.2 Å². The molecular weight excluding hydrogens is 452 g/mol. The maximum atomic E-state index is 11.2. The molecule has 0 aliphatic heterocycles. The van der Waals surface area contributed by atoms with Gasteiger partial charge in [-0.05, 0) is 38.0 Å². The van der Waals surface area contributed by atoms with E-state index in [4.69, 9.17) is 33.7 Å². The first-order valence-electron chi connectivity index (χ1n) is 7.11. The van der Waals surface area contributed by atoms with Crippen molar-refractivity contribution in [2.45, 2.75) is 32.7 Å². The Kier molecular flexibility index (Phi) is 11.4. The fraction of sp³-hybridized carbons (Fsp3) is 0.467. The van der Waals surface area contributed by atoms with Gasteiger partial charge in [-0.15, -0.1) is 24.0 Å². The summed E-state index contributed by atoms with van der Waals surface area (Å²) in [7, 11) is 0. The highest BCUT2D eigenvalue weighted by Crippen LogP contribution is 2.25. The summed E-state index contributed by atoms with van der Waals surface area (Å²) in [6, 6.07) is 5.20. The average Bonchev–Trinajstić information content (AvgIpc) is 2.43. The molecule has 23 heavy (non-hydrogen) atoms. The van der Waals surface area contributed by atoms with Gasteiger partial charge in [-0.2, -0.15) is 0 Å². The molecule has 0 fully saturated rings. The van der Waals surface area contributed by atoms with Crippen LogP contribution in [0.4, 0.5) is 0 Å². The molecule has 5 nitrogen and oxygen atoms in total. The van der Waals surface area contributed by atoms with Gasteiger partial charge in [0.25, 0.3) is 0 Å². The third kappa shape index (κ3) is 8.62. The van der Waals surface area contributed by atoms with Crippen LogP contribution >= 0.6 is 47.2 Å². The van der Waals surface area contributed by atoms with E-state index in [2.05, 4.69) is 10.3 Å². The largest absolute Gasteiger partial charge is 0.466 e. The molecule has 0 bridgehead atoms. The van der Waals surface area contributed by atoms with Gasteiger partial charge in [-0.3, -0.25) is 9.79 Å². The van der Waals surface area contributed by atoms with Crippen molar-refractivity contribution >= 4 is 59.1 Å². The van der Waals surface area contributed by atoms with Crippen LogP contribution in [0.15, 0.2) is 23.2 Å². The van der Waals surface area contributed by atoms with Crippen molar-refractivity contribution in [3.05, 3.63) is 33.8 Å². The quantitative estimate of drug-likeness (QED) is 0.207. The van der Waals surface area contributed by atoms with Crippen LogP contribution in [0.2, 0.25) is 10.0 Å². The van der Waals surface area contributed by atoms with Crippen LogP contribution in [0.1, 0.15) is 38.3 Å². The van der Waals surface area contributed by atoms with Gasteiger partial charge < -0.3 is 15.8 Å². The van der Waals surface area contributed by atoms with E-state index in [-0.39, 0.29) is 36.0 Å². The second-order valence-corrected chi connectivity index (χ2v) is 5.55. The number of hydrogen-bond donors (Lipinski definition) is 2. The minimum absolute atomic E-state index is 0. The van der Waals surface area contributed by atoms with Crippen LogP contribution in [-0.4, -0.2) is 25.1 Å². The number of carbonyl (C=O) groups is 1. The minimum atomic E-state index is -0.217. The van der Waals surface area contributed by atoms with Crippen LogP contribution in [-0.2, 0) is 9.53 Å². The van der Waals surface area contributed by atoms with E-state index in [1.54, 1.807) is 19.1 Å². The van der Waals surface area contributed by atoms with Crippen molar-refractivity contribution < 1.29 is 9.53 Å². The molecule has 0 saturated heterocycles. The Balaban J connectivity index is 0.00000484. The first-order valence-corrected chi connectivity index (χ1v) is 7.86. The predicted octanol–water partition coefficient (Wildman–Crippen LogP) is 3.92. The molecule has 0 saturated carbocycles. The summed E-state index contributed by atoms with van der Waals surface area (Å²) in [5.74, 6) is 0.0907. The zero-order valence-corrected chi connectivity index (χ0v) is 17.0. The smallest absolute Gasteiger partial charge is 0.305 e. The van der Waals surface area contributed by atoms with Crippen LogP contribution in [0.5, 0.6) is 0 Å². The third-order valence-electron chi connectivity index (χ3n) is 2.92. The van der Waals surface area contributed by atoms with Gasteiger partial charge in [0.15, 0.2) is 5.96 Å². The fourth-order valence-electron chi connectivity index (χ4n) is 1.85. The van der Waals surface area contributed by atoms with Gasteiger partial charge in [-0.1, -0.05) is 29.3 Å². The molecule has 8 heteroatoms. The monoisotopic (exact) mass is 473 g/mol. The lowest BCUT2D eigenvalue weighted by Crippen LogP contribution is -2.34. The van der Waals surface area contributed by atoms with E-state index in [9.17, 15) is 4.79 Å². The molecule has 1 unspecified atom stereocenters. The Morgan fingerprint density at radius 3 is 2.74 bits per heavy atom. The van der Waals surface area contributed by atoms with Crippen molar-refractivity contribution in [3.63, 3.8) is 0 Å². The number of benzene rings is 1. The molecule has 3 N–H and O–H groups in total. The molecule has 0 radical (unpaired) electrons. The number of carbonyl (C=O) groups excluding carboxylic acids is 1. The molecule has 0 aliphatic carbocycles. The minimum Gasteiger partial charge on any atom is -0.466 e. The Morgan fingerprint density at radius 1 is 1.43 bits per heavy atom. The van der Waals surface area contributed by atoms with E-state index in [1.807, 2.05) is 13.0 Å². The van der Waals surface area contributed by atoms with Gasteiger partial charge >= 0.3 is 5.97 Å². The van der Waals surface area contributed by atoms with Crippen molar-refractivity contribution in [1.82, 2.24) is 5.32 Å². The van der Waals surface area contributed by atoms with Gasteiger partial charge in [0, 0.05) is 23.0 Å². The van der Waals surface area contributed by atoms with Gasteiger partial charge in [0.1, 0.15) is 0 Å². The third-order valence-corrected chi connectivity index (χ3v) is 3.48. The van der Waals surface area contributed by atoms with Gasteiger partial charge in [0.2, 0.25) is 0 Å². The predicted molar refractivity (Wildman–Crippen MR) is 106 cm³/mol. The number of nitrogens with zero attached hydrogens (tertiary/aromatic N) is 1. The summed E-state index contributed by atoms with van der Waals surface area (Å²) in [5, 5.41) is 4.21. The molecule has 0 aromatic heterocycles. The molecule has 1 atom stereocenters. The lowest BCUT2D eigenvalue weighted by Gasteiger charge is -2.16. The Bertz CT molecular complexity index is 541. The molecule has 0 heterocycles. The topological polar surface area (TPSA) is 76.7 Å². The number of aliphatic imine (C=N–C) groups is 1. The lowest BCUT2D eigenvalue weighted by molar-refractivity contribution is -0.143. The van der Waals surface area contributed by atoms with Crippen molar-refractivity contribution in [3.8, 4) is 0 Å². The second kappa shape index (κ2) is 11.8. The SMILES string of the molecule is CCOC(=O)CCCN=C(N)NC(C)c1ccc(Cl)cc1Cl.I. The van der Waals surface area contributed by atoms with Crippen molar-refractivity contribution in [1.29, 1.82) is 0 Å². The number of rotatable bonds is 7. The highest BCUT2D eigenvalue weighted by atomic mass is 127. The van der Waals surface area contributed by atoms with Crippen LogP contribution in [0.3, 0.4) is 0 Å². The summed E-state index contributed by atoms with van der Waals surface area (Å²) in [6.07, 6.45) is 0.931. The summed E-state index contributed by atoms with van der Waals surface area (Å²) in [6.45, 7) is 4.56. The number of guanidine groups is 1. The number of hydrogen-bond acceptors (Lipinski definition) is 3. The number of halogens is 3. The average molecular weight is 474 g/mol. The maximum Gasteiger partial charge on any atom is 0.305 e. The van der Waals surface area contributed by atoms with Gasteiger partial charge in [-0.25, -0.2) is 0 Å². The summed E-state index contributed by atoms with van der Waals surface area (Å²) >= 11 is 12.0. The van der Waals surface area contributed by atoms with Crippen LogP contribution < -0.4 is 11.1 Å². The fourth-order valence-corrected chi connectivity index (χ4v) is 2.43. The highest BCUT2D eigenvalue weighted by Gasteiger charge is 2.10. The van der Waals surface area contributed by atoms with Gasteiger partial charge in [0.05, 0.1) is 12.6 Å². The van der Waals surface area contributed by atoms with Crippen LogP contribution in [0, 0.1) is 0 Å². The Labute approximate surface area is 164 Å². The number of nitrogens with one attached hydrogen (secondary N) is 1. The normalized spacial score (nSPS) is 12.3. The molecule has 1 aromatic carbocycles. The van der Waals surface area contributed by atoms with E-state index in [0.717, 1.165) is 5.56 Å². The highest BCUT2D eigenvalue weighted by molar-refractivity contribution is 14.0. The summed E-state index contributed by atoms with van der Waals surface area (Å²) in [5.41, 5.74) is 6.71. The second-order valence-electron chi connectivity index (χ2n) is 4.71. The standard InChI is InChI=1S/C15H21Cl2N3O2.HI/c1-3-22-14(21)5-4-8-19-15(18)20-10(2)12-7-6-11(16)9-13(12)17;/h6-7,9-10H,3-5,8H2,1-2H3,(H3,18,19,20);1H. The van der Waals surface area contributed by atoms with Crippen molar-refractivity contribution in [2.24, 2.45) is 10.7 Å². The molecular formula is C15H22Cl2IN3O2. The van der Waals surface area contributed by atoms with Crippen LogP contribution in [0.25, 0.3) is 0 Å². The number of esters is 1. The van der Waals surface area contributed by atoms with E-state index < -0.39 is 0 Å². The first kappa shape index (κ1) is 22.3. The first-order chi connectivity index (χ1) is 10.4. The van der Waals surface area contributed by atoms with E-state index in [1.165, 1.54) is 0 Å². The molecule has 130 valence electrons. The maximum absolute atomic E-state index is 11.2. The van der Waals surface area contributed by atoms with E-state index in [0.29, 0.717) is 42.0 Å². The Morgan fingerprint density at radius 2 is 2.13 bits per heavy atom. The number of nitrogens with two attached hydrogens (primary N) is 1. The summed E-state index contributed by atoms with van der Waals surface area (Å²) < 4.78 is 4.83. The summed E-state index contributed by atoms with van der Waals surface area (Å²) in [4.78, 5) is 15.3. The number of ether oxygens (including phenoxy) is 1. The molecule has 0 spiro atoms. The molecule has 1 aromatic rings. The zero-order chi connectivity index (χ0) is 16.5. The lowest BCUT2D eigenvalue weighted by atomic mass is 10.1. The zero-order valence-electron chi connectivity index (χ0n) is 13.1.